The van der Waals surface area contributed by atoms with Crippen LogP contribution in [-0.2, 0) is 4.79 Å². The molecule has 29 heavy (non-hydrogen) atoms. The van der Waals surface area contributed by atoms with Crippen LogP contribution in [0.25, 0.3) is 6.08 Å². The maximum Gasteiger partial charge on any atom is 0.293 e. The SMILES string of the molecule is Nc1ccc(C(=O)NCCN2C(=O)S/C(=C\c3ccccc3)C2=O)cc1[N+](=O)[O-]. The molecule has 0 aromatic heterocycles. The summed E-state index contributed by atoms with van der Waals surface area (Å²) in [7, 11) is 0. The molecule has 10 heteroatoms. The van der Waals surface area contributed by atoms with Gasteiger partial charge in [0.25, 0.3) is 22.7 Å². The van der Waals surface area contributed by atoms with Crippen molar-refractivity contribution >= 4 is 46.3 Å². The first kappa shape index (κ1) is 20.1. The van der Waals surface area contributed by atoms with E-state index in [0.29, 0.717) is 4.91 Å². The van der Waals surface area contributed by atoms with Crippen molar-refractivity contribution in [3.05, 3.63) is 74.7 Å². The van der Waals surface area contributed by atoms with Gasteiger partial charge in [-0.1, -0.05) is 30.3 Å². The van der Waals surface area contributed by atoms with E-state index < -0.39 is 22.0 Å². The van der Waals surface area contributed by atoms with E-state index in [0.717, 1.165) is 28.3 Å². The lowest BCUT2D eigenvalue weighted by molar-refractivity contribution is -0.383. The molecular weight excluding hydrogens is 396 g/mol. The Kier molecular flexibility index (Phi) is 5.93. The van der Waals surface area contributed by atoms with Gasteiger partial charge in [-0.05, 0) is 35.5 Å². The number of carbonyl (C=O) groups is 3. The van der Waals surface area contributed by atoms with E-state index >= 15 is 0 Å². The summed E-state index contributed by atoms with van der Waals surface area (Å²) in [4.78, 5) is 48.3. The summed E-state index contributed by atoms with van der Waals surface area (Å²) in [5.74, 6) is -0.999. The van der Waals surface area contributed by atoms with Gasteiger partial charge in [0.1, 0.15) is 5.69 Å². The third-order valence-electron chi connectivity index (χ3n) is 4.08. The molecule has 148 valence electrons. The second-order valence-electron chi connectivity index (χ2n) is 6.03. The van der Waals surface area contributed by atoms with E-state index in [4.69, 9.17) is 5.73 Å². The molecule has 1 saturated heterocycles. The lowest BCUT2D eigenvalue weighted by Gasteiger charge is -2.13. The van der Waals surface area contributed by atoms with Crippen LogP contribution in [0.3, 0.4) is 0 Å². The Bertz CT molecular complexity index is 1020. The Morgan fingerprint density at radius 1 is 1.21 bits per heavy atom. The minimum absolute atomic E-state index is 0.00760. The molecular formula is C19H16N4O5S. The Labute approximate surface area is 169 Å². The number of nitrogens with zero attached hydrogens (tertiary/aromatic N) is 2. The van der Waals surface area contributed by atoms with Crippen molar-refractivity contribution in [3.8, 4) is 0 Å². The van der Waals surface area contributed by atoms with Gasteiger partial charge in [-0.3, -0.25) is 29.4 Å². The Morgan fingerprint density at radius 3 is 2.62 bits per heavy atom. The molecule has 1 fully saturated rings. The van der Waals surface area contributed by atoms with Crippen molar-refractivity contribution in [1.29, 1.82) is 0 Å². The van der Waals surface area contributed by atoms with Crippen molar-refractivity contribution in [2.75, 3.05) is 18.8 Å². The molecule has 0 bridgehead atoms. The highest BCUT2D eigenvalue weighted by molar-refractivity contribution is 8.18. The number of hydrogen-bond donors (Lipinski definition) is 2. The minimum Gasteiger partial charge on any atom is -0.393 e. The zero-order chi connectivity index (χ0) is 21.0. The van der Waals surface area contributed by atoms with Gasteiger partial charge in [0, 0.05) is 24.7 Å². The average molecular weight is 412 g/mol. The molecule has 1 aliphatic heterocycles. The third-order valence-corrected chi connectivity index (χ3v) is 4.99. The molecule has 1 aliphatic rings. The smallest absolute Gasteiger partial charge is 0.293 e. The highest BCUT2D eigenvalue weighted by atomic mass is 32.2. The Hall–Kier alpha value is -3.66. The Balaban J connectivity index is 1.60. The van der Waals surface area contributed by atoms with E-state index in [1.165, 1.54) is 12.1 Å². The number of imide groups is 1. The highest BCUT2D eigenvalue weighted by Crippen LogP contribution is 2.31. The number of amides is 3. The average Bonchev–Trinajstić information content (AvgIpc) is 2.96. The fourth-order valence-corrected chi connectivity index (χ4v) is 3.48. The van der Waals surface area contributed by atoms with Crippen LogP contribution in [0.15, 0.2) is 53.4 Å². The molecule has 3 rings (SSSR count). The number of nitrogen functional groups attached to an aromatic ring is 1. The standard InChI is InChI=1S/C19H16N4O5S/c20-14-7-6-13(11-15(14)23(27)28)17(24)21-8-9-22-18(25)16(29-19(22)26)10-12-4-2-1-3-5-12/h1-7,10-11H,8-9,20H2,(H,21,24)/b16-10-. The molecule has 9 nitrogen and oxygen atoms in total. The van der Waals surface area contributed by atoms with Crippen LogP contribution in [-0.4, -0.2) is 40.0 Å². The van der Waals surface area contributed by atoms with Crippen LogP contribution >= 0.6 is 11.8 Å². The predicted octanol–water partition coefficient (Wildman–Crippen LogP) is 2.64. The molecule has 1 heterocycles. The van der Waals surface area contributed by atoms with Crippen LogP contribution in [0.5, 0.6) is 0 Å². The van der Waals surface area contributed by atoms with Crippen molar-refractivity contribution in [3.63, 3.8) is 0 Å². The summed E-state index contributed by atoms with van der Waals surface area (Å²) >= 11 is 0.836. The number of benzene rings is 2. The molecule has 3 amide bonds. The third kappa shape index (κ3) is 4.61. The first-order valence-corrected chi connectivity index (χ1v) is 9.31. The zero-order valence-corrected chi connectivity index (χ0v) is 15.8. The monoisotopic (exact) mass is 412 g/mol. The summed E-state index contributed by atoms with van der Waals surface area (Å²) in [5.41, 5.74) is 5.96. The number of nitrogens with two attached hydrogens (primary N) is 1. The van der Waals surface area contributed by atoms with E-state index in [-0.39, 0.29) is 30.0 Å². The zero-order valence-electron chi connectivity index (χ0n) is 15.0. The fourth-order valence-electron chi connectivity index (χ4n) is 2.62. The lowest BCUT2D eigenvalue weighted by atomic mass is 10.1. The van der Waals surface area contributed by atoms with Crippen LogP contribution in [0, 0.1) is 10.1 Å². The van der Waals surface area contributed by atoms with Crippen molar-refractivity contribution in [2.24, 2.45) is 0 Å². The Morgan fingerprint density at radius 2 is 1.93 bits per heavy atom. The molecule has 0 saturated carbocycles. The number of nitro groups is 1. The number of nitro benzene ring substituents is 1. The topological polar surface area (TPSA) is 136 Å². The second-order valence-corrected chi connectivity index (χ2v) is 7.02. The fraction of sp³-hybridized carbons (Fsp3) is 0.105. The number of rotatable bonds is 6. The van der Waals surface area contributed by atoms with E-state index in [2.05, 4.69) is 5.32 Å². The molecule has 0 spiro atoms. The van der Waals surface area contributed by atoms with Crippen LogP contribution in [0.1, 0.15) is 15.9 Å². The largest absolute Gasteiger partial charge is 0.393 e. The first-order valence-electron chi connectivity index (χ1n) is 8.49. The van der Waals surface area contributed by atoms with Crippen LogP contribution in [0.4, 0.5) is 16.2 Å². The molecule has 2 aromatic carbocycles. The van der Waals surface area contributed by atoms with Gasteiger partial charge < -0.3 is 11.1 Å². The lowest BCUT2D eigenvalue weighted by Crippen LogP contribution is -2.37. The molecule has 0 radical (unpaired) electrons. The van der Waals surface area contributed by atoms with Gasteiger partial charge in [-0.25, -0.2) is 0 Å². The number of anilines is 1. The summed E-state index contributed by atoms with van der Waals surface area (Å²) < 4.78 is 0. The quantitative estimate of drug-likeness (QED) is 0.322. The summed E-state index contributed by atoms with van der Waals surface area (Å²) in [6, 6.07) is 12.9. The molecule has 0 atom stereocenters. The maximum atomic E-state index is 12.4. The summed E-state index contributed by atoms with van der Waals surface area (Å²) in [6.45, 7) is -0.00668. The van der Waals surface area contributed by atoms with E-state index in [1.54, 1.807) is 6.08 Å². The van der Waals surface area contributed by atoms with Gasteiger partial charge in [0.05, 0.1) is 9.83 Å². The first-order chi connectivity index (χ1) is 13.9. The number of hydrogen-bond acceptors (Lipinski definition) is 7. The molecule has 0 aliphatic carbocycles. The number of thioether (sulfide) groups is 1. The molecule has 0 unspecified atom stereocenters. The van der Waals surface area contributed by atoms with Crippen LogP contribution in [0.2, 0.25) is 0 Å². The van der Waals surface area contributed by atoms with Gasteiger partial charge in [-0.15, -0.1) is 0 Å². The van der Waals surface area contributed by atoms with Crippen molar-refractivity contribution in [1.82, 2.24) is 10.2 Å². The predicted molar refractivity (Wildman–Crippen MR) is 109 cm³/mol. The molecule has 2 aromatic rings. The van der Waals surface area contributed by atoms with Gasteiger partial charge in [0.2, 0.25) is 0 Å². The second kappa shape index (κ2) is 8.57. The van der Waals surface area contributed by atoms with E-state index in [1.807, 2.05) is 30.3 Å². The van der Waals surface area contributed by atoms with Crippen LogP contribution < -0.4 is 11.1 Å². The normalized spacial score (nSPS) is 15.0. The minimum atomic E-state index is -0.675. The maximum absolute atomic E-state index is 12.4. The van der Waals surface area contributed by atoms with Gasteiger partial charge >= 0.3 is 0 Å². The molecule has 3 N–H and O–H groups in total. The summed E-state index contributed by atoms with van der Waals surface area (Å²) in [5, 5.41) is 13.0. The highest BCUT2D eigenvalue weighted by Gasteiger charge is 2.34. The van der Waals surface area contributed by atoms with Crippen molar-refractivity contribution < 1.29 is 19.3 Å². The van der Waals surface area contributed by atoms with Gasteiger partial charge in [-0.2, -0.15) is 0 Å². The van der Waals surface area contributed by atoms with E-state index in [9.17, 15) is 24.5 Å². The van der Waals surface area contributed by atoms with Gasteiger partial charge in [0.15, 0.2) is 0 Å². The summed E-state index contributed by atoms with van der Waals surface area (Å²) in [6.07, 6.45) is 1.64. The number of carbonyl (C=O) groups excluding carboxylic acids is 3. The number of nitrogens with one attached hydrogen (secondary N) is 1. The van der Waals surface area contributed by atoms with Crippen molar-refractivity contribution in [2.45, 2.75) is 0 Å².